The largest absolute Gasteiger partial charge is 0.371 e. The second-order valence-corrected chi connectivity index (χ2v) is 6.37. The Labute approximate surface area is 129 Å². The van der Waals surface area contributed by atoms with Crippen molar-refractivity contribution in [3.63, 3.8) is 0 Å². The Hall–Kier alpha value is -0.900. The van der Waals surface area contributed by atoms with E-state index in [-0.39, 0.29) is 6.10 Å². The van der Waals surface area contributed by atoms with E-state index in [1.54, 1.807) is 0 Å². The summed E-state index contributed by atoms with van der Waals surface area (Å²) in [6.45, 7) is 10.8. The third-order valence-electron chi connectivity index (χ3n) is 3.98. The predicted molar refractivity (Wildman–Crippen MR) is 88.5 cm³/mol. The van der Waals surface area contributed by atoms with Crippen molar-refractivity contribution in [2.45, 2.75) is 32.8 Å². The second kappa shape index (κ2) is 9.19. The Morgan fingerprint density at radius 2 is 1.81 bits per heavy atom. The van der Waals surface area contributed by atoms with E-state index in [1.807, 2.05) is 0 Å². The lowest BCUT2D eigenvalue weighted by Gasteiger charge is -2.22. The summed E-state index contributed by atoms with van der Waals surface area (Å²) in [5, 5.41) is 3.52. The number of nitrogens with zero attached hydrogens (tertiary/aromatic N) is 1. The van der Waals surface area contributed by atoms with Gasteiger partial charge in [-0.15, -0.1) is 0 Å². The monoisotopic (exact) mass is 290 g/mol. The average molecular weight is 290 g/mol. The lowest BCUT2D eigenvalue weighted by molar-refractivity contribution is 0.0398. The molecule has 1 heterocycles. The molecule has 1 aliphatic heterocycles. The number of nitrogens with one attached hydrogen (secondary N) is 1. The molecule has 0 spiro atoms. The van der Waals surface area contributed by atoms with Gasteiger partial charge < -0.3 is 15.0 Å². The van der Waals surface area contributed by atoms with Gasteiger partial charge in [0.1, 0.15) is 0 Å². The molecule has 3 heteroatoms. The zero-order valence-corrected chi connectivity index (χ0v) is 13.6. The Balaban J connectivity index is 1.79. The van der Waals surface area contributed by atoms with Crippen molar-refractivity contribution in [1.82, 2.24) is 10.2 Å². The number of hydrogen-bond donors (Lipinski definition) is 1. The van der Waals surface area contributed by atoms with Gasteiger partial charge in [0.05, 0.1) is 12.7 Å². The van der Waals surface area contributed by atoms with E-state index < -0.39 is 0 Å². The fourth-order valence-corrected chi connectivity index (χ4v) is 2.77. The molecule has 1 aromatic carbocycles. The number of rotatable bonds is 9. The zero-order valence-electron chi connectivity index (χ0n) is 13.6. The minimum atomic E-state index is 0.160. The van der Waals surface area contributed by atoms with Crippen molar-refractivity contribution in [1.29, 1.82) is 0 Å². The van der Waals surface area contributed by atoms with Gasteiger partial charge in [0.15, 0.2) is 0 Å². The fraction of sp³-hybridized carbons (Fsp3) is 0.667. The molecule has 21 heavy (non-hydrogen) atoms. The molecule has 1 N–H and O–H groups in total. The Kier molecular flexibility index (Phi) is 7.20. The standard InChI is InChI=1S/C18H30N2O/c1-16(2)14-19-15-18(17-8-4-3-5-9-17)21-13-12-20-10-6-7-11-20/h3-5,8-9,16,18-19H,6-7,10-15H2,1-2H3. The van der Waals surface area contributed by atoms with Crippen LogP contribution in [0.4, 0.5) is 0 Å². The quantitative estimate of drug-likeness (QED) is 0.756. The van der Waals surface area contributed by atoms with Crippen molar-refractivity contribution in [3.8, 4) is 0 Å². The highest BCUT2D eigenvalue weighted by molar-refractivity contribution is 5.17. The van der Waals surface area contributed by atoms with Crippen LogP contribution in [0.2, 0.25) is 0 Å². The van der Waals surface area contributed by atoms with E-state index >= 15 is 0 Å². The van der Waals surface area contributed by atoms with Gasteiger partial charge in [-0.1, -0.05) is 44.2 Å². The van der Waals surface area contributed by atoms with E-state index in [4.69, 9.17) is 4.74 Å². The maximum Gasteiger partial charge on any atom is 0.0949 e. The van der Waals surface area contributed by atoms with Crippen LogP contribution in [0.3, 0.4) is 0 Å². The summed E-state index contributed by atoms with van der Waals surface area (Å²) >= 11 is 0. The van der Waals surface area contributed by atoms with Crippen LogP contribution in [0, 0.1) is 5.92 Å². The molecular weight excluding hydrogens is 260 g/mol. The Bertz CT molecular complexity index is 374. The van der Waals surface area contributed by atoms with Crippen molar-refractivity contribution in [2.24, 2.45) is 5.92 Å². The second-order valence-electron chi connectivity index (χ2n) is 6.37. The molecule has 0 aliphatic carbocycles. The number of likely N-dealkylation sites (tertiary alicyclic amines) is 1. The van der Waals surface area contributed by atoms with Gasteiger partial charge in [-0.05, 0) is 44.0 Å². The maximum absolute atomic E-state index is 6.17. The summed E-state index contributed by atoms with van der Waals surface area (Å²) in [6.07, 6.45) is 2.85. The highest BCUT2D eigenvalue weighted by atomic mass is 16.5. The molecule has 0 aromatic heterocycles. The SMILES string of the molecule is CC(C)CNCC(OCCN1CCCC1)c1ccccc1. The van der Waals surface area contributed by atoms with Gasteiger partial charge >= 0.3 is 0 Å². The highest BCUT2D eigenvalue weighted by Crippen LogP contribution is 2.17. The first-order valence-electron chi connectivity index (χ1n) is 8.35. The molecular formula is C18H30N2O. The number of benzene rings is 1. The highest BCUT2D eigenvalue weighted by Gasteiger charge is 2.14. The molecule has 1 aromatic rings. The summed E-state index contributed by atoms with van der Waals surface area (Å²) in [7, 11) is 0. The molecule has 0 bridgehead atoms. The molecule has 0 radical (unpaired) electrons. The van der Waals surface area contributed by atoms with Gasteiger partial charge in [0.2, 0.25) is 0 Å². The van der Waals surface area contributed by atoms with Crippen molar-refractivity contribution in [3.05, 3.63) is 35.9 Å². The zero-order chi connectivity index (χ0) is 14.9. The fourth-order valence-electron chi connectivity index (χ4n) is 2.77. The summed E-state index contributed by atoms with van der Waals surface area (Å²) in [4.78, 5) is 2.50. The minimum absolute atomic E-state index is 0.160. The molecule has 0 amide bonds. The Morgan fingerprint density at radius 3 is 2.48 bits per heavy atom. The topological polar surface area (TPSA) is 24.5 Å². The summed E-state index contributed by atoms with van der Waals surface area (Å²) < 4.78 is 6.17. The van der Waals surface area contributed by atoms with Crippen molar-refractivity contribution >= 4 is 0 Å². The molecule has 0 saturated carbocycles. The molecule has 118 valence electrons. The van der Waals surface area contributed by atoms with Crippen LogP contribution < -0.4 is 5.32 Å². The lowest BCUT2D eigenvalue weighted by Crippen LogP contribution is -2.29. The van der Waals surface area contributed by atoms with E-state index in [2.05, 4.69) is 54.4 Å². The van der Waals surface area contributed by atoms with E-state index in [0.29, 0.717) is 5.92 Å². The summed E-state index contributed by atoms with van der Waals surface area (Å²) in [5.41, 5.74) is 1.27. The first-order chi connectivity index (χ1) is 10.3. The van der Waals surface area contributed by atoms with Gasteiger partial charge in [-0.2, -0.15) is 0 Å². The van der Waals surface area contributed by atoms with Crippen LogP contribution in [0.25, 0.3) is 0 Å². The van der Waals surface area contributed by atoms with Crippen LogP contribution in [0.5, 0.6) is 0 Å². The predicted octanol–water partition coefficient (Wildman–Crippen LogP) is 3.09. The van der Waals surface area contributed by atoms with Gasteiger partial charge in [-0.3, -0.25) is 0 Å². The normalized spacial score (nSPS) is 17.5. The summed E-state index contributed by atoms with van der Waals surface area (Å²) in [5.74, 6) is 0.672. The average Bonchev–Trinajstić information content (AvgIpc) is 2.99. The van der Waals surface area contributed by atoms with E-state index in [1.165, 1.54) is 31.5 Å². The van der Waals surface area contributed by atoms with Gasteiger partial charge in [-0.25, -0.2) is 0 Å². The summed E-state index contributed by atoms with van der Waals surface area (Å²) in [6, 6.07) is 10.6. The van der Waals surface area contributed by atoms with Gasteiger partial charge in [0, 0.05) is 13.1 Å². The molecule has 1 fully saturated rings. The minimum Gasteiger partial charge on any atom is -0.371 e. The molecule has 2 rings (SSSR count). The Morgan fingerprint density at radius 1 is 1.10 bits per heavy atom. The van der Waals surface area contributed by atoms with Crippen molar-refractivity contribution in [2.75, 3.05) is 39.3 Å². The third kappa shape index (κ3) is 6.16. The number of ether oxygens (including phenoxy) is 1. The molecule has 1 unspecified atom stereocenters. The molecule has 1 atom stereocenters. The van der Waals surface area contributed by atoms with Crippen LogP contribution in [-0.2, 0) is 4.74 Å². The van der Waals surface area contributed by atoms with Gasteiger partial charge in [0.25, 0.3) is 0 Å². The third-order valence-corrected chi connectivity index (χ3v) is 3.98. The van der Waals surface area contributed by atoms with Crippen LogP contribution >= 0.6 is 0 Å². The maximum atomic E-state index is 6.17. The first kappa shape index (κ1) is 16.5. The van der Waals surface area contributed by atoms with E-state index in [9.17, 15) is 0 Å². The molecule has 3 nitrogen and oxygen atoms in total. The number of hydrogen-bond acceptors (Lipinski definition) is 3. The van der Waals surface area contributed by atoms with E-state index in [0.717, 1.165) is 26.2 Å². The lowest BCUT2D eigenvalue weighted by atomic mass is 10.1. The van der Waals surface area contributed by atoms with Crippen molar-refractivity contribution < 1.29 is 4.74 Å². The van der Waals surface area contributed by atoms with Crippen LogP contribution in [0.1, 0.15) is 38.4 Å². The molecule has 1 saturated heterocycles. The van der Waals surface area contributed by atoms with Crippen LogP contribution in [0.15, 0.2) is 30.3 Å². The smallest absolute Gasteiger partial charge is 0.0949 e. The molecule has 1 aliphatic rings. The van der Waals surface area contributed by atoms with Crippen LogP contribution in [-0.4, -0.2) is 44.2 Å². The first-order valence-corrected chi connectivity index (χ1v) is 8.35.